The topological polar surface area (TPSA) is 17.8 Å². The molecular formula is C12H12Br2N2. The van der Waals surface area contributed by atoms with Crippen LogP contribution in [0.2, 0.25) is 0 Å². The van der Waals surface area contributed by atoms with Gasteiger partial charge in [-0.25, -0.2) is 4.68 Å². The molecule has 0 atom stereocenters. The summed E-state index contributed by atoms with van der Waals surface area (Å²) >= 11 is 7.00. The number of aromatic nitrogens is 2. The van der Waals surface area contributed by atoms with Crippen molar-refractivity contribution in [3.8, 4) is 5.69 Å². The first-order chi connectivity index (χ1) is 7.61. The summed E-state index contributed by atoms with van der Waals surface area (Å²) in [5.41, 5.74) is 4.54. The Kier molecular flexibility index (Phi) is 3.50. The third-order valence-electron chi connectivity index (χ3n) is 2.43. The van der Waals surface area contributed by atoms with E-state index >= 15 is 0 Å². The molecule has 1 aromatic carbocycles. The second kappa shape index (κ2) is 4.72. The first-order valence-corrected chi connectivity index (χ1v) is 6.91. The Hall–Kier alpha value is -0.610. The quantitative estimate of drug-likeness (QED) is 0.749. The van der Waals surface area contributed by atoms with E-state index in [1.165, 1.54) is 5.56 Å². The minimum Gasteiger partial charge on any atom is -0.238 e. The van der Waals surface area contributed by atoms with Crippen molar-refractivity contribution in [3.05, 3.63) is 45.7 Å². The maximum absolute atomic E-state index is 4.51. The number of nitrogens with zero attached hydrogens (tertiary/aromatic N) is 2. The van der Waals surface area contributed by atoms with E-state index in [9.17, 15) is 0 Å². The molecule has 4 heteroatoms. The third kappa shape index (κ3) is 2.23. The molecule has 0 N–H and O–H groups in total. The summed E-state index contributed by atoms with van der Waals surface area (Å²) in [6.07, 6.45) is 0. The number of alkyl halides is 1. The molecule has 84 valence electrons. The van der Waals surface area contributed by atoms with Crippen molar-refractivity contribution in [1.82, 2.24) is 9.78 Å². The van der Waals surface area contributed by atoms with Crippen LogP contribution in [0.4, 0.5) is 0 Å². The van der Waals surface area contributed by atoms with Gasteiger partial charge in [0.2, 0.25) is 0 Å². The van der Waals surface area contributed by atoms with E-state index in [0.717, 1.165) is 26.9 Å². The summed E-state index contributed by atoms with van der Waals surface area (Å²) in [5, 5.41) is 5.33. The monoisotopic (exact) mass is 342 g/mol. The van der Waals surface area contributed by atoms with E-state index in [1.807, 2.05) is 17.7 Å². The molecule has 0 radical (unpaired) electrons. The summed E-state index contributed by atoms with van der Waals surface area (Å²) in [4.78, 5) is 0. The first-order valence-electron chi connectivity index (χ1n) is 5.00. The lowest BCUT2D eigenvalue weighted by atomic mass is 10.2. The highest BCUT2D eigenvalue weighted by Gasteiger charge is 2.08. The number of benzene rings is 1. The molecule has 0 saturated heterocycles. The van der Waals surface area contributed by atoms with Crippen LogP contribution < -0.4 is 0 Å². The number of rotatable bonds is 2. The Morgan fingerprint density at radius 2 is 2.00 bits per heavy atom. The average molecular weight is 344 g/mol. The van der Waals surface area contributed by atoms with Crippen molar-refractivity contribution >= 4 is 31.9 Å². The molecule has 0 bridgehead atoms. The summed E-state index contributed by atoms with van der Waals surface area (Å²) in [5.74, 6) is 0. The number of hydrogen-bond donors (Lipinski definition) is 0. The molecule has 0 aliphatic rings. The zero-order valence-electron chi connectivity index (χ0n) is 9.17. The smallest absolute Gasteiger partial charge is 0.0700 e. The van der Waals surface area contributed by atoms with Gasteiger partial charge in [0, 0.05) is 15.5 Å². The molecular weight excluding hydrogens is 332 g/mol. The van der Waals surface area contributed by atoms with Crippen LogP contribution in [-0.4, -0.2) is 9.78 Å². The summed E-state index contributed by atoms with van der Waals surface area (Å²) in [7, 11) is 0. The lowest BCUT2D eigenvalue weighted by Gasteiger charge is -2.09. The third-order valence-corrected chi connectivity index (χ3v) is 3.53. The van der Waals surface area contributed by atoms with Gasteiger partial charge in [-0.1, -0.05) is 37.9 Å². The SMILES string of the molecule is Cc1cc(C)n(-c2cc(Br)ccc2CBr)n1. The molecule has 1 aromatic heterocycles. The van der Waals surface area contributed by atoms with E-state index in [-0.39, 0.29) is 0 Å². The van der Waals surface area contributed by atoms with Gasteiger partial charge in [0.05, 0.1) is 11.4 Å². The largest absolute Gasteiger partial charge is 0.238 e. The van der Waals surface area contributed by atoms with Crippen LogP contribution in [0.15, 0.2) is 28.7 Å². The van der Waals surface area contributed by atoms with Crippen molar-refractivity contribution in [2.24, 2.45) is 0 Å². The highest BCUT2D eigenvalue weighted by molar-refractivity contribution is 9.10. The van der Waals surface area contributed by atoms with Crippen LogP contribution in [0.1, 0.15) is 17.0 Å². The molecule has 1 heterocycles. The zero-order chi connectivity index (χ0) is 11.7. The van der Waals surface area contributed by atoms with Crippen LogP contribution in [0.3, 0.4) is 0 Å². The van der Waals surface area contributed by atoms with E-state index in [4.69, 9.17) is 0 Å². The second-order valence-corrected chi connectivity index (χ2v) is 5.22. The molecule has 2 aromatic rings. The van der Waals surface area contributed by atoms with Crippen LogP contribution in [-0.2, 0) is 5.33 Å². The number of aryl methyl sites for hydroxylation is 2. The van der Waals surface area contributed by atoms with E-state index in [0.29, 0.717) is 0 Å². The van der Waals surface area contributed by atoms with Gasteiger partial charge in [0.15, 0.2) is 0 Å². The van der Waals surface area contributed by atoms with Gasteiger partial charge in [-0.05, 0) is 37.6 Å². The van der Waals surface area contributed by atoms with Crippen LogP contribution in [0.25, 0.3) is 5.69 Å². The molecule has 2 nitrogen and oxygen atoms in total. The number of hydrogen-bond acceptors (Lipinski definition) is 1. The van der Waals surface area contributed by atoms with Gasteiger partial charge in [0.1, 0.15) is 0 Å². The van der Waals surface area contributed by atoms with E-state index in [1.54, 1.807) is 0 Å². The van der Waals surface area contributed by atoms with Gasteiger partial charge in [0.25, 0.3) is 0 Å². The lowest BCUT2D eigenvalue weighted by molar-refractivity contribution is 0.826. The molecule has 16 heavy (non-hydrogen) atoms. The van der Waals surface area contributed by atoms with Crippen molar-refractivity contribution in [3.63, 3.8) is 0 Å². The van der Waals surface area contributed by atoms with Crippen molar-refractivity contribution < 1.29 is 0 Å². The van der Waals surface area contributed by atoms with Crippen LogP contribution in [0.5, 0.6) is 0 Å². The summed E-state index contributed by atoms with van der Waals surface area (Å²) < 4.78 is 3.05. The molecule has 0 unspecified atom stereocenters. The maximum atomic E-state index is 4.51. The molecule has 0 fully saturated rings. The fourth-order valence-corrected chi connectivity index (χ4v) is 2.54. The van der Waals surface area contributed by atoms with Gasteiger partial charge in [-0.3, -0.25) is 0 Å². The Morgan fingerprint density at radius 1 is 1.25 bits per heavy atom. The Morgan fingerprint density at radius 3 is 2.56 bits per heavy atom. The van der Waals surface area contributed by atoms with E-state index in [2.05, 4.69) is 62.1 Å². The Balaban J connectivity index is 2.62. The van der Waals surface area contributed by atoms with Gasteiger partial charge in [-0.15, -0.1) is 0 Å². The predicted molar refractivity (Wildman–Crippen MR) is 73.4 cm³/mol. The lowest BCUT2D eigenvalue weighted by Crippen LogP contribution is -2.02. The normalized spacial score (nSPS) is 10.8. The van der Waals surface area contributed by atoms with Crippen molar-refractivity contribution in [2.75, 3.05) is 0 Å². The highest BCUT2D eigenvalue weighted by atomic mass is 79.9. The average Bonchev–Trinajstić information content (AvgIpc) is 2.57. The standard InChI is InChI=1S/C12H12Br2N2/c1-8-5-9(2)16(15-8)12-6-11(14)4-3-10(12)7-13/h3-6H,7H2,1-2H3. The Labute approximate surface area is 112 Å². The van der Waals surface area contributed by atoms with Crippen molar-refractivity contribution in [2.45, 2.75) is 19.2 Å². The van der Waals surface area contributed by atoms with Crippen molar-refractivity contribution in [1.29, 1.82) is 0 Å². The first kappa shape index (κ1) is 11.9. The van der Waals surface area contributed by atoms with Gasteiger partial charge < -0.3 is 0 Å². The molecule has 0 saturated carbocycles. The molecule has 0 spiro atoms. The molecule has 0 amide bonds. The summed E-state index contributed by atoms with van der Waals surface area (Å²) in [6, 6.07) is 8.32. The highest BCUT2D eigenvalue weighted by Crippen LogP contribution is 2.23. The maximum Gasteiger partial charge on any atom is 0.0700 e. The minimum absolute atomic E-state index is 0.827. The van der Waals surface area contributed by atoms with Crippen LogP contribution >= 0.6 is 31.9 Å². The van der Waals surface area contributed by atoms with Gasteiger partial charge >= 0.3 is 0 Å². The van der Waals surface area contributed by atoms with Gasteiger partial charge in [-0.2, -0.15) is 5.10 Å². The van der Waals surface area contributed by atoms with Crippen LogP contribution in [0, 0.1) is 13.8 Å². The number of halogens is 2. The molecule has 0 aliphatic heterocycles. The zero-order valence-corrected chi connectivity index (χ0v) is 12.3. The molecule has 2 rings (SSSR count). The second-order valence-electron chi connectivity index (χ2n) is 3.75. The fraction of sp³-hybridized carbons (Fsp3) is 0.250. The summed E-state index contributed by atoms with van der Waals surface area (Å²) in [6.45, 7) is 4.08. The Bertz CT molecular complexity index is 518. The minimum atomic E-state index is 0.827. The fourth-order valence-electron chi connectivity index (χ4n) is 1.72. The molecule has 0 aliphatic carbocycles. The predicted octanol–water partition coefficient (Wildman–Crippen LogP) is 4.15. The van der Waals surface area contributed by atoms with E-state index < -0.39 is 0 Å².